The Morgan fingerprint density at radius 2 is 1.77 bits per heavy atom. The predicted molar refractivity (Wildman–Crippen MR) is 111 cm³/mol. The quantitative estimate of drug-likeness (QED) is 0.614. The molecule has 0 saturated carbocycles. The molecule has 0 saturated heterocycles. The number of amides is 1. The SMILES string of the molecule is CCC(NC(=O)COc1ccc(C(C)C)cc1Br)c1ccc(C)c(C)c1. The van der Waals surface area contributed by atoms with Crippen LogP contribution in [0.25, 0.3) is 0 Å². The van der Waals surface area contributed by atoms with Crippen LogP contribution in [0.5, 0.6) is 5.75 Å². The van der Waals surface area contributed by atoms with Crippen molar-refractivity contribution in [2.45, 2.75) is 53.0 Å². The fourth-order valence-electron chi connectivity index (χ4n) is 2.78. The smallest absolute Gasteiger partial charge is 0.258 e. The van der Waals surface area contributed by atoms with E-state index in [1.54, 1.807) is 0 Å². The number of nitrogens with one attached hydrogen (secondary N) is 1. The first kappa shape index (κ1) is 20.5. The van der Waals surface area contributed by atoms with E-state index >= 15 is 0 Å². The van der Waals surface area contributed by atoms with E-state index in [1.807, 2.05) is 18.2 Å². The topological polar surface area (TPSA) is 38.3 Å². The number of ether oxygens (including phenoxy) is 1. The molecule has 26 heavy (non-hydrogen) atoms. The zero-order valence-electron chi connectivity index (χ0n) is 16.2. The van der Waals surface area contributed by atoms with Crippen LogP contribution in [0.3, 0.4) is 0 Å². The number of hydrogen-bond donors (Lipinski definition) is 1. The summed E-state index contributed by atoms with van der Waals surface area (Å²) in [5, 5.41) is 3.07. The maximum atomic E-state index is 12.3. The van der Waals surface area contributed by atoms with Gasteiger partial charge in [0.05, 0.1) is 10.5 Å². The van der Waals surface area contributed by atoms with Gasteiger partial charge in [0.15, 0.2) is 6.61 Å². The van der Waals surface area contributed by atoms with Gasteiger partial charge in [-0.15, -0.1) is 0 Å². The van der Waals surface area contributed by atoms with Gasteiger partial charge in [-0.2, -0.15) is 0 Å². The molecule has 1 unspecified atom stereocenters. The number of aryl methyl sites for hydroxylation is 2. The average molecular weight is 418 g/mol. The summed E-state index contributed by atoms with van der Waals surface area (Å²) < 4.78 is 6.57. The van der Waals surface area contributed by atoms with E-state index in [9.17, 15) is 4.79 Å². The molecule has 0 radical (unpaired) electrons. The summed E-state index contributed by atoms with van der Waals surface area (Å²) in [5.74, 6) is 1.02. The van der Waals surface area contributed by atoms with Gasteiger partial charge in [0.1, 0.15) is 5.75 Å². The second-order valence-electron chi connectivity index (χ2n) is 7.01. The molecular formula is C22H28BrNO2. The van der Waals surface area contributed by atoms with Crippen molar-refractivity contribution in [3.8, 4) is 5.75 Å². The standard InChI is InChI=1S/C22H28BrNO2/c1-6-20(18-8-7-15(4)16(5)11-18)24-22(25)13-26-21-10-9-17(14(2)3)12-19(21)23/h7-12,14,20H,6,13H2,1-5H3,(H,24,25). The van der Waals surface area contributed by atoms with Crippen LogP contribution < -0.4 is 10.1 Å². The predicted octanol–water partition coefficient (Wildman–Crippen LogP) is 5.84. The summed E-state index contributed by atoms with van der Waals surface area (Å²) in [5.41, 5.74) is 4.86. The molecule has 1 N–H and O–H groups in total. The molecule has 1 atom stereocenters. The lowest BCUT2D eigenvalue weighted by Gasteiger charge is -2.19. The van der Waals surface area contributed by atoms with Crippen LogP contribution in [0.4, 0.5) is 0 Å². The molecule has 0 aliphatic carbocycles. The summed E-state index contributed by atoms with van der Waals surface area (Å²) in [6.07, 6.45) is 0.834. The largest absolute Gasteiger partial charge is 0.483 e. The third-order valence-corrected chi connectivity index (χ3v) is 5.28. The average Bonchev–Trinajstić information content (AvgIpc) is 2.60. The summed E-state index contributed by atoms with van der Waals surface area (Å²) >= 11 is 3.52. The van der Waals surface area contributed by atoms with Crippen LogP contribution in [-0.2, 0) is 4.79 Å². The Morgan fingerprint density at radius 3 is 2.35 bits per heavy atom. The first-order valence-electron chi connectivity index (χ1n) is 9.10. The van der Waals surface area contributed by atoms with E-state index in [0.717, 1.165) is 16.5 Å². The summed E-state index contributed by atoms with van der Waals surface area (Å²) in [6.45, 7) is 10.5. The van der Waals surface area contributed by atoms with Crippen molar-refractivity contribution in [2.24, 2.45) is 0 Å². The maximum absolute atomic E-state index is 12.3. The van der Waals surface area contributed by atoms with Gasteiger partial charge in [0.25, 0.3) is 5.91 Å². The number of carbonyl (C=O) groups excluding carboxylic acids is 1. The fraction of sp³-hybridized carbons (Fsp3) is 0.409. The third kappa shape index (κ3) is 5.34. The minimum atomic E-state index is -0.116. The van der Waals surface area contributed by atoms with Gasteiger partial charge in [0, 0.05) is 0 Å². The zero-order valence-corrected chi connectivity index (χ0v) is 17.8. The highest BCUT2D eigenvalue weighted by atomic mass is 79.9. The molecule has 2 aromatic carbocycles. The van der Waals surface area contributed by atoms with Crippen LogP contribution in [-0.4, -0.2) is 12.5 Å². The van der Waals surface area contributed by atoms with E-state index < -0.39 is 0 Å². The molecule has 0 aliphatic heterocycles. The zero-order chi connectivity index (χ0) is 19.3. The second kappa shape index (κ2) is 9.22. The van der Waals surface area contributed by atoms with E-state index in [4.69, 9.17) is 4.74 Å². The Labute approximate surface area is 165 Å². The van der Waals surface area contributed by atoms with Crippen LogP contribution in [0.1, 0.15) is 61.4 Å². The van der Waals surface area contributed by atoms with Crippen molar-refractivity contribution in [1.29, 1.82) is 0 Å². The van der Waals surface area contributed by atoms with Gasteiger partial charge in [-0.25, -0.2) is 0 Å². The van der Waals surface area contributed by atoms with Crippen molar-refractivity contribution in [2.75, 3.05) is 6.61 Å². The van der Waals surface area contributed by atoms with Gasteiger partial charge in [-0.1, -0.05) is 45.0 Å². The molecule has 0 aliphatic rings. The van der Waals surface area contributed by atoms with E-state index in [-0.39, 0.29) is 18.6 Å². The molecule has 0 heterocycles. The lowest BCUT2D eigenvalue weighted by atomic mass is 9.99. The molecule has 0 spiro atoms. The minimum absolute atomic E-state index is 0.000961. The molecular weight excluding hydrogens is 390 g/mol. The Balaban J connectivity index is 1.98. The van der Waals surface area contributed by atoms with Crippen LogP contribution in [0.2, 0.25) is 0 Å². The lowest BCUT2D eigenvalue weighted by molar-refractivity contribution is -0.123. The molecule has 4 heteroatoms. The summed E-state index contributed by atoms with van der Waals surface area (Å²) in [6, 6.07) is 12.3. The molecule has 2 rings (SSSR count). The Hall–Kier alpha value is -1.81. The first-order chi connectivity index (χ1) is 12.3. The summed E-state index contributed by atoms with van der Waals surface area (Å²) in [7, 11) is 0. The summed E-state index contributed by atoms with van der Waals surface area (Å²) in [4.78, 5) is 12.3. The highest BCUT2D eigenvalue weighted by Crippen LogP contribution is 2.29. The Morgan fingerprint density at radius 1 is 1.08 bits per heavy atom. The molecule has 2 aromatic rings. The molecule has 0 bridgehead atoms. The second-order valence-corrected chi connectivity index (χ2v) is 7.86. The monoisotopic (exact) mass is 417 g/mol. The number of carbonyl (C=O) groups is 1. The van der Waals surface area contributed by atoms with Gasteiger partial charge in [0.2, 0.25) is 0 Å². The normalized spacial score (nSPS) is 12.1. The number of hydrogen-bond acceptors (Lipinski definition) is 2. The van der Waals surface area contributed by atoms with Crippen molar-refractivity contribution in [3.05, 3.63) is 63.1 Å². The fourth-order valence-corrected chi connectivity index (χ4v) is 3.29. The third-order valence-electron chi connectivity index (χ3n) is 4.66. The highest BCUT2D eigenvalue weighted by molar-refractivity contribution is 9.10. The maximum Gasteiger partial charge on any atom is 0.258 e. The molecule has 0 aromatic heterocycles. The van der Waals surface area contributed by atoms with Crippen molar-refractivity contribution in [3.63, 3.8) is 0 Å². The van der Waals surface area contributed by atoms with Crippen LogP contribution >= 0.6 is 15.9 Å². The molecule has 1 amide bonds. The van der Waals surface area contributed by atoms with Crippen LogP contribution in [0, 0.1) is 13.8 Å². The number of benzene rings is 2. The number of halogens is 1. The van der Waals surface area contributed by atoms with E-state index in [0.29, 0.717) is 11.7 Å². The molecule has 3 nitrogen and oxygen atoms in total. The van der Waals surface area contributed by atoms with Gasteiger partial charge in [-0.05, 0) is 76.5 Å². The molecule has 140 valence electrons. The lowest BCUT2D eigenvalue weighted by Crippen LogP contribution is -2.32. The van der Waals surface area contributed by atoms with Crippen molar-refractivity contribution >= 4 is 21.8 Å². The Kier molecular flexibility index (Phi) is 7.27. The van der Waals surface area contributed by atoms with Gasteiger partial charge >= 0.3 is 0 Å². The van der Waals surface area contributed by atoms with Crippen molar-refractivity contribution in [1.82, 2.24) is 5.32 Å². The minimum Gasteiger partial charge on any atom is -0.483 e. The number of rotatable bonds is 7. The highest BCUT2D eigenvalue weighted by Gasteiger charge is 2.14. The van der Waals surface area contributed by atoms with E-state index in [1.165, 1.54) is 16.7 Å². The van der Waals surface area contributed by atoms with Gasteiger partial charge < -0.3 is 10.1 Å². The van der Waals surface area contributed by atoms with E-state index in [2.05, 4.69) is 74.1 Å². The first-order valence-corrected chi connectivity index (χ1v) is 9.89. The Bertz CT molecular complexity index is 771. The van der Waals surface area contributed by atoms with Crippen molar-refractivity contribution < 1.29 is 9.53 Å². The van der Waals surface area contributed by atoms with Gasteiger partial charge in [-0.3, -0.25) is 4.79 Å². The molecule has 0 fully saturated rings. The van der Waals surface area contributed by atoms with Crippen LogP contribution in [0.15, 0.2) is 40.9 Å².